The van der Waals surface area contributed by atoms with Gasteiger partial charge in [0.1, 0.15) is 5.75 Å². The number of ether oxygens (including phenoxy) is 2. The molecule has 2 aromatic carbocycles. The molecular formula is C14H13N2O4+. The number of phenols is 1. The van der Waals surface area contributed by atoms with Crippen LogP contribution in [-0.4, -0.2) is 24.8 Å². The van der Waals surface area contributed by atoms with Crippen molar-refractivity contribution in [1.82, 2.24) is 0 Å². The Morgan fingerprint density at radius 3 is 2.80 bits per heavy atom. The van der Waals surface area contributed by atoms with Gasteiger partial charge in [0.25, 0.3) is 0 Å². The Kier molecular flexibility index (Phi) is 3.71. The molecule has 6 heteroatoms. The number of rotatable bonds is 3. The van der Waals surface area contributed by atoms with E-state index in [1.165, 1.54) is 13.2 Å². The number of methoxy groups -OCH3 is 1. The third-order valence-electron chi connectivity index (χ3n) is 2.89. The van der Waals surface area contributed by atoms with Crippen molar-refractivity contribution in [3.63, 3.8) is 0 Å². The number of hydrogen-bond acceptors (Lipinski definition) is 5. The van der Waals surface area contributed by atoms with Gasteiger partial charge in [-0.05, 0) is 24.4 Å². The van der Waals surface area contributed by atoms with Crippen molar-refractivity contribution in [2.24, 2.45) is 0 Å². The maximum Gasteiger partial charge on any atom is 0.441 e. The van der Waals surface area contributed by atoms with Gasteiger partial charge in [-0.2, -0.15) is 0 Å². The number of benzene rings is 2. The Bertz CT molecular complexity index is 719. The molecule has 1 N–H and O–H groups in total. The first kappa shape index (κ1) is 13.6. The molecule has 0 saturated heterocycles. The number of fused-ring (bicyclic) bond motifs is 1. The predicted octanol–water partition coefficient (Wildman–Crippen LogP) is 3.22. The molecule has 0 amide bonds. The molecule has 0 spiro atoms. The van der Waals surface area contributed by atoms with Crippen molar-refractivity contribution in [3.8, 4) is 11.5 Å². The molecule has 6 nitrogen and oxygen atoms in total. The van der Waals surface area contributed by atoms with E-state index in [0.29, 0.717) is 16.5 Å². The van der Waals surface area contributed by atoms with Crippen LogP contribution in [0.3, 0.4) is 0 Å². The molecule has 0 bridgehead atoms. The molecule has 0 heterocycles. The first-order valence-corrected chi connectivity index (χ1v) is 5.98. The molecule has 0 aliphatic carbocycles. The highest BCUT2D eigenvalue weighted by molar-refractivity contribution is 6.07. The molecule has 0 unspecified atom stereocenters. The van der Waals surface area contributed by atoms with Crippen LogP contribution in [-0.2, 0) is 4.74 Å². The highest BCUT2D eigenvalue weighted by atomic mass is 16.5. The molecule has 0 radical (unpaired) electrons. The molecule has 0 fully saturated rings. The Morgan fingerprint density at radius 2 is 2.20 bits per heavy atom. The maximum absolute atomic E-state index is 11.8. The highest BCUT2D eigenvalue weighted by Crippen LogP contribution is 2.42. The third kappa shape index (κ3) is 2.10. The van der Waals surface area contributed by atoms with Gasteiger partial charge in [0.15, 0.2) is 10.5 Å². The number of aromatic hydroxyl groups is 1. The summed E-state index contributed by atoms with van der Waals surface area (Å²) in [5.74, 6) is -0.578. The van der Waals surface area contributed by atoms with Crippen LogP contribution in [0.5, 0.6) is 11.5 Å². The maximum atomic E-state index is 11.8. The Hall–Kier alpha value is -2.81. The number of nitrogens with zero attached hydrogens (tertiary/aromatic N) is 2. The molecule has 0 aliphatic heterocycles. The van der Waals surface area contributed by atoms with Crippen molar-refractivity contribution in [2.75, 3.05) is 13.7 Å². The van der Waals surface area contributed by atoms with Gasteiger partial charge < -0.3 is 14.6 Å². The summed E-state index contributed by atoms with van der Waals surface area (Å²) in [6, 6.07) is 6.59. The summed E-state index contributed by atoms with van der Waals surface area (Å²) in [5, 5.41) is 20.2. The fraction of sp³-hybridized carbons (Fsp3) is 0.214. The number of carbonyl (C=O) groups is 1. The summed E-state index contributed by atoms with van der Waals surface area (Å²) < 4.78 is 10.0. The van der Waals surface area contributed by atoms with E-state index in [4.69, 9.17) is 14.9 Å². The summed E-state index contributed by atoms with van der Waals surface area (Å²) >= 11 is 0. The predicted molar refractivity (Wildman–Crippen MR) is 72.9 cm³/mol. The zero-order chi connectivity index (χ0) is 14.7. The Balaban J connectivity index is 2.80. The average molecular weight is 273 g/mol. The van der Waals surface area contributed by atoms with E-state index in [1.54, 1.807) is 25.1 Å². The van der Waals surface area contributed by atoms with Crippen LogP contribution >= 0.6 is 0 Å². The van der Waals surface area contributed by atoms with Gasteiger partial charge in [0.05, 0.1) is 19.1 Å². The number of esters is 1. The monoisotopic (exact) mass is 273 g/mol. The Morgan fingerprint density at radius 1 is 1.45 bits per heavy atom. The number of diazo groups is 1. The van der Waals surface area contributed by atoms with Crippen molar-refractivity contribution < 1.29 is 19.4 Å². The van der Waals surface area contributed by atoms with Gasteiger partial charge in [-0.1, -0.05) is 12.1 Å². The minimum absolute atomic E-state index is 0.00685. The molecule has 2 rings (SSSR count). The fourth-order valence-corrected chi connectivity index (χ4v) is 2.03. The van der Waals surface area contributed by atoms with Crippen molar-refractivity contribution in [2.45, 2.75) is 6.92 Å². The van der Waals surface area contributed by atoms with Crippen LogP contribution in [0.4, 0.5) is 5.69 Å². The second-order valence-electron chi connectivity index (χ2n) is 4.00. The quantitative estimate of drug-likeness (QED) is 0.685. The second kappa shape index (κ2) is 5.45. The zero-order valence-electron chi connectivity index (χ0n) is 11.1. The highest BCUT2D eigenvalue weighted by Gasteiger charge is 2.30. The zero-order valence-corrected chi connectivity index (χ0v) is 11.1. The number of carbonyl (C=O) groups excluding carboxylic acids is 1. The molecule has 0 aromatic heterocycles. The largest absolute Gasteiger partial charge is 0.501 e. The van der Waals surface area contributed by atoms with Crippen LogP contribution in [0, 0.1) is 5.39 Å². The van der Waals surface area contributed by atoms with E-state index < -0.39 is 5.97 Å². The molecule has 0 saturated carbocycles. The van der Waals surface area contributed by atoms with Crippen LogP contribution in [0.2, 0.25) is 0 Å². The van der Waals surface area contributed by atoms with E-state index in [-0.39, 0.29) is 23.6 Å². The molecular weight excluding hydrogens is 260 g/mol. The van der Waals surface area contributed by atoms with Gasteiger partial charge in [-0.25, -0.2) is 4.79 Å². The number of hydrogen-bond donors (Lipinski definition) is 1. The van der Waals surface area contributed by atoms with Crippen LogP contribution in [0.1, 0.15) is 17.3 Å². The number of phenolic OH excluding ortho intramolecular Hbond substituents is 1. The molecule has 2 aromatic rings. The SMILES string of the molecule is CCOC(=O)c1cc2cccc(OC)c2c(O)c1[N+]#N. The van der Waals surface area contributed by atoms with Gasteiger partial charge in [-0.3, -0.25) is 0 Å². The first-order chi connectivity index (χ1) is 9.63. The van der Waals surface area contributed by atoms with E-state index in [9.17, 15) is 9.90 Å². The van der Waals surface area contributed by atoms with Crippen molar-refractivity contribution in [1.29, 1.82) is 5.39 Å². The molecule has 0 aliphatic rings. The lowest BCUT2D eigenvalue weighted by atomic mass is 10.0. The van der Waals surface area contributed by atoms with Gasteiger partial charge in [0, 0.05) is 0 Å². The smallest absolute Gasteiger partial charge is 0.441 e. The summed E-state index contributed by atoms with van der Waals surface area (Å²) in [6.45, 7) is 1.85. The third-order valence-corrected chi connectivity index (χ3v) is 2.89. The summed E-state index contributed by atoms with van der Waals surface area (Å²) in [5.41, 5.74) is -0.243. The van der Waals surface area contributed by atoms with Gasteiger partial charge in [0.2, 0.25) is 11.1 Å². The van der Waals surface area contributed by atoms with Crippen LogP contribution in [0.15, 0.2) is 24.3 Å². The van der Waals surface area contributed by atoms with E-state index >= 15 is 0 Å². The van der Waals surface area contributed by atoms with Crippen molar-refractivity contribution >= 4 is 22.4 Å². The van der Waals surface area contributed by atoms with Crippen LogP contribution < -0.4 is 4.74 Å². The molecule has 20 heavy (non-hydrogen) atoms. The minimum Gasteiger partial charge on any atom is -0.501 e. The van der Waals surface area contributed by atoms with E-state index in [2.05, 4.69) is 4.98 Å². The van der Waals surface area contributed by atoms with Gasteiger partial charge >= 0.3 is 11.7 Å². The summed E-state index contributed by atoms with van der Waals surface area (Å²) in [7, 11) is 1.46. The lowest BCUT2D eigenvalue weighted by Crippen LogP contribution is -2.05. The lowest BCUT2D eigenvalue weighted by Gasteiger charge is -2.07. The minimum atomic E-state index is -0.666. The average Bonchev–Trinajstić information content (AvgIpc) is 2.46. The van der Waals surface area contributed by atoms with E-state index in [1.807, 2.05) is 0 Å². The summed E-state index contributed by atoms with van der Waals surface area (Å²) in [6.07, 6.45) is 0. The normalized spacial score (nSPS) is 10.1. The summed E-state index contributed by atoms with van der Waals surface area (Å²) in [4.78, 5) is 14.8. The lowest BCUT2D eigenvalue weighted by molar-refractivity contribution is 0.0527. The van der Waals surface area contributed by atoms with Gasteiger partial charge in [-0.15, -0.1) is 0 Å². The van der Waals surface area contributed by atoms with E-state index in [0.717, 1.165) is 0 Å². The molecule has 0 atom stereocenters. The molecule has 102 valence electrons. The topological polar surface area (TPSA) is 83.9 Å². The van der Waals surface area contributed by atoms with Crippen molar-refractivity contribution in [3.05, 3.63) is 34.8 Å². The Labute approximate surface area is 115 Å². The fourth-order valence-electron chi connectivity index (χ4n) is 2.03. The van der Waals surface area contributed by atoms with Crippen LogP contribution in [0.25, 0.3) is 15.7 Å². The first-order valence-electron chi connectivity index (χ1n) is 5.98. The standard InChI is InChI=1S/C14H12N2O4/c1-3-20-14(18)9-7-8-5-4-6-10(19-2)11(8)13(17)12(9)16-15/h4-7H,3H2,1-2H3/p+1. The second-order valence-corrected chi connectivity index (χ2v) is 4.00.